The van der Waals surface area contributed by atoms with Gasteiger partial charge in [-0.15, -0.1) is 0 Å². The van der Waals surface area contributed by atoms with E-state index < -0.39 is 0 Å². The molecule has 1 aliphatic heterocycles. The maximum Gasteiger partial charge on any atom is 0.134 e. The molecule has 1 aromatic heterocycles. The van der Waals surface area contributed by atoms with Crippen LogP contribution in [0.3, 0.4) is 0 Å². The third-order valence-electron chi connectivity index (χ3n) is 3.98. The number of nitrogens with zero attached hydrogens (tertiary/aromatic N) is 3. The van der Waals surface area contributed by atoms with E-state index in [0.717, 1.165) is 43.1 Å². The van der Waals surface area contributed by atoms with Gasteiger partial charge in [0.25, 0.3) is 0 Å². The molecule has 5 nitrogen and oxygen atoms in total. The van der Waals surface area contributed by atoms with Gasteiger partial charge in [0.15, 0.2) is 0 Å². The molecule has 2 heterocycles. The number of rotatable bonds is 5. The first-order valence-corrected chi connectivity index (χ1v) is 7.65. The topological polar surface area (TPSA) is 67.1 Å². The summed E-state index contributed by atoms with van der Waals surface area (Å²) in [6, 6.07) is 0. The van der Waals surface area contributed by atoms with Gasteiger partial charge in [0.05, 0.1) is 0 Å². The van der Waals surface area contributed by atoms with E-state index in [4.69, 9.17) is 5.73 Å². The van der Waals surface area contributed by atoms with Gasteiger partial charge in [0.1, 0.15) is 17.5 Å². The molecule has 112 valence electrons. The lowest BCUT2D eigenvalue weighted by molar-refractivity contribution is 0.217. The summed E-state index contributed by atoms with van der Waals surface area (Å²) in [6.07, 6.45) is 4.49. The fraction of sp³-hybridized carbons (Fsp3) is 0.733. The Balaban J connectivity index is 2.00. The molecule has 0 radical (unpaired) electrons. The molecule has 0 bridgehead atoms. The number of nitrogens with one attached hydrogen (secondary N) is 1. The Bertz CT molecular complexity index is 446. The summed E-state index contributed by atoms with van der Waals surface area (Å²) in [7, 11) is 2.19. The number of hydrogen-bond donors (Lipinski definition) is 2. The van der Waals surface area contributed by atoms with Crippen LogP contribution in [0.5, 0.6) is 0 Å². The highest BCUT2D eigenvalue weighted by atomic mass is 15.1. The summed E-state index contributed by atoms with van der Waals surface area (Å²) < 4.78 is 0. The summed E-state index contributed by atoms with van der Waals surface area (Å²) >= 11 is 0. The zero-order valence-electron chi connectivity index (χ0n) is 12.9. The molecule has 20 heavy (non-hydrogen) atoms. The molecular formula is C15H27N5. The van der Waals surface area contributed by atoms with Gasteiger partial charge in [-0.05, 0) is 45.7 Å². The van der Waals surface area contributed by atoms with Crippen LogP contribution in [0.1, 0.15) is 37.6 Å². The molecule has 1 fully saturated rings. The van der Waals surface area contributed by atoms with Gasteiger partial charge in [-0.25, -0.2) is 9.97 Å². The van der Waals surface area contributed by atoms with Crippen molar-refractivity contribution in [3.8, 4) is 0 Å². The molecule has 1 aliphatic rings. The average molecular weight is 277 g/mol. The van der Waals surface area contributed by atoms with Crippen molar-refractivity contribution in [1.82, 2.24) is 14.9 Å². The maximum atomic E-state index is 5.98. The van der Waals surface area contributed by atoms with Gasteiger partial charge in [-0.3, -0.25) is 0 Å². The molecule has 0 spiro atoms. The van der Waals surface area contributed by atoms with Crippen LogP contribution in [0.4, 0.5) is 11.6 Å². The predicted molar refractivity (Wildman–Crippen MR) is 83.9 cm³/mol. The number of aryl methyl sites for hydroxylation is 1. The van der Waals surface area contributed by atoms with Gasteiger partial charge in [0.2, 0.25) is 0 Å². The summed E-state index contributed by atoms with van der Waals surface area (Å²) in [5.41, 5.74) is 6.95. The summed E-state index contributed by atoms with van der Waals surface area (Å²) in [5.74, 6) is 3.05. The predicted octanol–water partition coefficient (Wildman–Crippen LogP) is 2.07. The van der Waals surface area contributed by atoms with Crippen molar-refractivity contribution in [2.45, 2.75) is 39.5 Å². The summed E-state index contributed by atoms with van der Waals surface area (Å²) in [5, 5.41) is 3.49. The van der Waals surface area contributed by atoms with E-state index in [-0.39, 0.29) is 0 Å². The quantitative estimate of drug-likeness (QED) is 0.862. The molecule has 0 amide bonds. The van der Waals surface area contributed by atoms with E-state index in [1.54, 1.807) is 0 Å². The van der Waals surface area contributed by atoms with Crippen molar-refractivity contribution < 1.29 is 0 Å². The zero-order chi connectivity index (χ0) is 14.5. The van der Waals surface area contributed by atoms with Crippen molar-refractivity contribution in [3.63, 3.8) is 0 Å². The number of aromatic nitrogens is 2. The van der Waals surface area contributed by atoms with Crippen molar-refractivity contribution in [2.24, 2.45) is 5.92 Å². The molecule has 0 saturated carbocycles. The second-order valence-corrected chi connectivity index (χ2v) is 5.90. The van der Waals surface area contributed by atoms with Crippen LogP contribution in [0.2, 0.25) is 0 Å². The van der Waals surface area contributed by atoms with Gasteiger partial charge in [0, 0.05) is 25.1 Å². The van der Waals surface area contributed by atoms with Gasteiger partial charge >= 0.3 is 0 Å². The van der Waals surface area contributed by atoms with Crippen molar-refractivity contribution in [3.05, 3.63) is 11.4 Å². The van der Waals surface area contributed by atoms with E-state index in [1.807, 2.05) is 6.92 Å². The Hall–Kier alpha value is -1.36. The van der Waals surface area contributed by atoms with Crippen molar-refractivity contribution >= 4 is 11.6 Å². The van der Waals surface area contributed by atoms with E-state index in [1.165, 1.54) is 19.4 Å². The van der Waals surface area contributed by atoms with Crippen LogP contribution in [0, 0.1) is 12.8 Å². The fourth-order valence-electron chi connectivity index (χ4n) is 2.77. The van der Waals surface area contributed by atoms with E-state index >= 15 is 0 Å². The van der Waals surface area contributed by atoms with Crippen LogP contribution in [0.15, 0.2) is 0 Å². The Morgan fingerprint density at radius 2 is 2.20 bits per heavy atom. The molecule has 0 aliphatic carbocycles. The molecular weight excluding hydrogens is 250 g/mol. The zero-order valence-corrected chi connectivity index (χ0v) is 12.9. The Kier molecular flexibility index (Phi) is 5.17. The van der Waals surface area contributed by atoms with Gasteiger partial charge < -0.3 is 16.0 Å². The summed E-state index contributed by atoms with van der Waals surface area (Å²) in [6.45, 7) is 7.46. The molecule has 1 unspecified atom stereocenters. The minimum atomic E-state index is 0.603. The number of likely N-dealkylation sites (tertiary alicyclic amines) is 1. The van der Waals surface area contributed by atoms with E-state index in [0.29, 0.717) is 11.7 Å². The van der Waals surface area contributed by atoms with Crippen molar-refractivity contribution in [1.29, 1.82) is 0 Å². The molecule has 3 N–H and O–H groups in total. The Morgan fingerprint density at radius 3 is 2.90 bits per heavy atom. The third-order valence-corrected chi connectivity index (χ3v) is 3.98. The fourth-order valence-corrected chi connectivity index (χ4v) is 2.77. The van der Waals surface area contributed by atoms with Gasteiger partial charge in [-0.1, -0.05) is 6.92 Å². The first kappa shape index (κ1) is 15.0. The second kappa shape index (κ2) is 6.88. The van der Waals surface area contributed by atoms with Crippen LogP contribution in [0.25, 0.3) is 0 Å². The van der Waals surface area contributed by atoms with Gasteiger partial charge in [-0.2, -0.15) is 0 Å². The highest BCUT2D eigenvalue weighted by Gasteiger charge is 2.17. The highest BCUT2D eigenvalue weighted by Crippen LogP contribution is 2.20. The molecule has 1 aromatic rings. The molecule has 2 rings (SSSR count). The monoisotopic (exact) mass is 277 g/mol. The molecule has 1 atom stereocenters. The van der Waals surface area contributed by atoms with Crippen LogP contribution in [-0.2, 0) is 6.42 Å². The standard InChI is InChI=1S/C15H27N5/c1-4-6-13-18-14(16)11(2)15(19-13)17-9-12-7-5-8-20(3)10-12/h12H,4-10H2,1-3H3,(H3,16,17,18,19). The van der Waals surface area contributed by atoms with Crippen molar-refractivity contribution in [2.75, 3.05) is 37.7 Å². The highest BCUT2D eigenvalue weighted by molar-refractivity contribution is 5.54. The van der Waals surface area contributed by atoms with Crippen LogP contribution in [-0.4, -0.2) is 41.5 Å². The Labute approximate surface area is 122 Å². The lowest BCUT2D eigenvalue weighted by Crippen LogP contribution is -2.35. The Morgan fingerprint density at radius 1 is 1.40 bits per heavy atom. The smallest absolute Gasteiger partial charge is 0.134 e. The number of piperidine rings is 1. The first-order valence-electron chi connectivity index (χ1n) is 7.65. The normalized spacial score (nSPS) is 20.1. The number of anilines is 2. The number of hydrogen-bond acceptors (Lipinski definition) is 5. The van der Waals surface area contributed by atoms with E-state index in [9.17, 15) is 0 Å². The lowest BCUT2D eigenvalue weighted by atomic mass is 9.98. The molecule has 1 saturated heterocycles. The van der Waals surface area contributed by atoms with Crippen LogP contribution < -0.4 is 11.1 Å². The minimum Gasteiger partial charge on any atom is -0.383 e. The minimum absolute atomic E-state index is 0.603. The first-order chi connectivity index (χ1) is 9.60. The third kappa shape index (κ3) is 3.82. The summed E-state index contributed by atoms with van der Waals surface area (Å²) in [4.78, 5) is 11.4. The molecule has 0 aromatic carbocycles. The largest absolute Gasteiger partial charge is 0.383 e. The SMILES string of the molecule is CCCc1nc(N)c(C)c(NCC2CCCN(C)C2)n1. The second-order valence-electron chi connectivity index (χ2n) is 5.90. The number of nitrogens with two attached hydrogens (primary N) is 1. The average Bonchev–Trinajstić information content (AvgIpc) is 2.41. The lowest BCUT2D eigenvalue weighted by Gasteiger charge is -2.30. The maximum absolute atomic E-state index is 5.98. The number of nitrogen functional groups attached to an aromatic ring is 1. The van der Waals surface area contributed by atoms with E-state index in [2.05, 4.69) is 34.2 Å². The van der Waals surface area contributed by atoms with Crippen LogP contribution >= 0.6 is 0 Å². The molecule has 5 heteroatoms.